The number of rotatable bonds is 9. The molecule has 0 radical (unpaired) electrons. The summed E-state index contributed by atoms with van der Waals surface area (Å²) < 4.78 is 6.44. The first-order valence-electron chi connectivity index (χ1n) is 12.6. The molecule has 0 atom stereocenters. The normalized spacial score (nSPS) is 11.6. The summed E-state index contributed by atoms with van der Waals surface area (Å²) in [6.07, 6.45) is 12.8. The van der Waals surface area contributed by atoms with Crippen LogP contribution < -0.4 is 5.32 Å². The van der Waals surface area contributed by atoms with Gasteiger partial charge in [-0.25, -0.2) is 0 Å². The summed E-state index contributed by atoms with van der Waals surface area (Å²) >= 11 is 3.45. The van der Waals surface area contributed by atoms with Crippen molar-refractivity contribution in [2.45, 2.75) is 74.3 Å². The number of H-pyrrole nitrogens is 1. The van der Waals surface area contributed by atoms with Crippen LogP contribution in [0.3, 0.4) is 0 Å². The number of carbonyl (C=O) groups is 1. The Morgan fingerprint density at radius 1 is 1.19 bits per heavy atom. The first kappa shape index (κ1) is 36.3. The fourth-order valence-electron chi connectivity index (χ4n) is 2.54. The third kappa shape index (κ3) is 17.2. The number of aryl methyl sites for hydroxylation is 1. The van der Waals surface area contributed by atoms with E-state index in [1.807, 2.05) is 89.4 Å². The Hall–Kier alpha value is -2.90. The van der Waals surface area contributed by atoms with Crippen LogP contribution in [0.2, 0.25) is 0 Å². The Labute approximate surface area is 232 Å². The zero-order valence-corrected chi connectivity index (χ0v) is 25.7. The molecule has 0 fully saturated rings. The van der Waals surface area contributed by atoms with Crippen molar-refractivity contribution in [2.75, 3.05) is 12.4 Å². The maximum Gasteiger partial charge on any atom is 0.211 e. The van der Waals surface area contributed by atoms with Gasteiger partial charge in [0.25, 0.3) is 0 Å². The van der Waals surface area contributed by atoms with Gasteiger partial charge in [-0.3, -0.25) is 9.79 Å². The van der Waals surface area contributed by atoms with E-state index < -0.39 is 5.60 Å². The van der Waals surface area contributed by atoms with Gasteiger partial charge in [0.1, 0.15) is 11.5 Å². The third-order valence-corrected chi connectivity index (χ3v) is 4.44. The smallest absolute Gasteiger partial charge is 0.211 e. The second-order valence-electron chi connectivity index (χ2n) is 8.09. The average molecular weight is 577 g/mol. The molecule has 7 heteroatoms. The van der Waals surface area contributed by atoms with E-state index in [0.29, 0.717) is 12.2 Å². The molecule has 3 N–H and O–H groups in total. The van der Waals surface area contributed by atoms with Gasteiger partial charge in [0.2, 0.25) is 6.41 Å². The van der Waals surface area contributed by atoms with Crippen molar-refractivity contribution in [2.24, 2.45) is 4.99 Å². The van der Waals surface area contributed by atoms with Crippen LogP contribution >= 0.6 is 15.9 Å². The van der Waals surface area contributed by atoms with E-state index in [1.54, 1.807) is 34.1 Å². The number of amides is 1. The molecule has 1 amide bonds. The van der Waals surface area contributed by atoms with Crippen LogP contribution in [0.4, 0.5) is 5.69 Å². The van der Waals surface area contributed by atoms with Crippen molar-refractivity contribution < 1.29 is 14.6 Å². The molecule has 6 nitrogen and oxygen atoms in total. The molecular formula is C30H46BrN3O3. The summed E-state index contributed by atoms with van der Waals surface area (Å²) in [6, 6.07) is 7.64. The number of aromatic amines is 1. The summed E-state index contributed by atoms with van der Waals surface area (Å²) in [5.41, 5.74) is 3.94. The van der Waals surface area contributed by atoms with Crippen LogP contribution in [0.5, 0.6) is 0 Å². The molecule has 1 heterocycles. The number of hydrogen-bond donors (Lipinski definition) is 3. The first-order chi connectivity index (χ1) is 17.6. The first-order valence-corrected chi connectivity index (χ1v) is 13.4. The molecule has 0 spiro atoms. The number of carbonyl (C=O) groups excluding carboxylic acids is 1. The SMILES string of the molecule is CC.CC.CC(C)(C)O.CC\C=C(OC)/C(=C/c1[nH]ccc1C)/N=C\C=C\c1cc(Br)ccc1NC=O. The van der Waals surface area contributed by atoms with Gasteiger partial charge < -0.3 is 20.1 Å². The van der Waals surface area contributed by atoms with Crippen molar-refractivity contribution in [1.29, 1.82) is 0 Å². The second-order valence-corrected chi connectivity index (χ2v) is 9.00. The third-order valence-electron chi connectivity index (χ3n) is 3.94. The molecule has 0 saturated carbocycles. The van der Waals surface area contributed by atoms with E-state index in [2.05, 4.69) is 38.1 Å². The molecule has 0 aliphatic rings. The lowest BCUT2D eigenvalue weighted by molar-refractivity contribution is -0.105. The number of benzene rings is 1. The quantitative estimate of drug-likeness (QED) is 0.121. The van der Waals surface area contributed by atoms with Crippen LogP contribution in [0.1, 0.15) is 78.6 Å². The van der Waals surface area contributed by atoms with Crippen LogP contribution in [0, 0.1) is 6.92 Å². The Bertz CT molecular complexity index is 1010. The fourth-order valence-corrected chi connectivity index (χ4v) is 2.92. The van der Waals surface area contributed by atoms with Crippen LogP contribution in [-0.4, -0.2) is 35.4 Å². The van der Waals surface area contributed by atoms with E-state index in [0.717, 1.165) is 39.1 Å². The van der Waals surface area contributed by atoms with Gasteiger partial charge in [-0.1, -0.05) is 56.6 Å². The van der Waals surface area contributed by atoms with E-state index in [9.17, 15) is 4.79 Å². The molecule has 0 unspecified atom stereocenters. The molecule has 1 aromatic carbocycles. The zero-order valence-electron chi connectivity index (χ0n) is 24.1. The van der Waals surface area contributed by atoms with Gasteiger partial charge >= 0.3 is 0 Å². The topological polar surface area (TPSA) is 86.7 Å². The summed E-state index contributed by atoms with van der Waals surface area (Å²) in [6.45, 7) is 17.3. The number of aliphatic imine (C=N–C) groups is 1. The van der Waals surface area contributed by atoms with Crippen LogP contribution in [0.15, 0.2) is 63.5 Å². The Morgan fingerprint density at radius 3 is 2.30 bits per heavy atom. The fraction of sp³-hybridized carbons (Fsp3) is 0.400. The summed E-state index contributed by atoms with van der Waals surface area (Å²) in [7, 11) is 1.64. The Morgan fingerprint density at radius 2 is 1.81 bits per heavy atom. The molecule has 0 saturated heterocycles. The zero-order chi connectivity index (χ0) is 28.9. The van der Waals surface area contributed by atoms with Gasteiger partial charge in [0.05, 0.1) is 12.7 Å². The predicted molar refractivity (Wildman–Crippen MR) is 165 cm³/mol. The highest BCUT2D eigenvalue weighted by Gasteiger charge is 2.05. The summed E-state index contributed by atoms with van der Waals surface area (Å²) in [5.74, 6) is 0.715. The number of nitrogens with one attached hydrogen (secondary N) is 2. The minimum Gasteiger partial charge on any atom is -0.495 e. The van der Waals surface area contributed by atoms with Gasteiger partial charge in [0.15, 0.2) is 0 Å². The second kappa shape index (κ2) is 21.2. The molecule has 1 aromatic heterocycles. The molecule has 2 aromatic rings. The van der Waals surface area contributed by atoms with E-state index in [-0.39, 0.29) is 0 Å². The number of halogens is 1. The van der Waals surface area contributed by atoms with Crippen molar-refractivity contribution in [3.05, 3.63) is 75.4 Å². The van der Waals surface area contributed by atoms with Crippen molar-refractivity contribution in [1.82, 2.24) is 4.98 Å². The summed E-state index contributed by atoms with van der Waals surface area (Å²) in [4.78, 5) is 18.6. The van der Waals surface area contributed by atoms with Gasteiger partial charge in [-0.05, 0) is 87.7 Å². The summed E-state index contributed by atoms with van der Waals surface area (Å²) in [5, 5.41) is 11.2. The van der Waals surface area contributed by atoms with Gasteiger partial charge in [-0.15, -0.1) is 0 Å². The largest absolute Gasteiger partial charge is 0.495 e. The monoisotopic (exact) mass is 575 g/mol. The molecule has 0 aliphatic heterocycles. The van der Waals surface area contributed by atoms with E-state index in [4.69, 9.17) is 9.84 Å². The maximum absolute atomic E-state index is 10.8. The number of methoxy groups -OCH3 is 1. The molecule has 2 rings (SSSR count). The highest BCUT2D eigenvalue weighted by Crippen LogP contribution is 2.22. The minimum absolute atomic E-state index is 0.500. The molecule has 37 heavy (non-hydrogen) atoms. The number of aliphatic hydroxyl groups is 1. The number of hydrogen-bond acceptors (Lipinski definition) is 4. The lowest BCUT2D eigenvalue weighted by Gasteiger charge is -2.07. The molecule has 206 valence electrons. The standard InChI is InChI=1S/C22H24BrN3O2.C4H10O.2C2H6/c1-4-6-22(28-3)21(14-20-16(2)10-12-25-20)24-11-5-7-17-13-18(23)8-9-19(17)26-15-27;1-4(2,3)5;2*1-2/h5-15,25H,4H2,1-3H3,(H,26,27);5H,1-3H3;2*1-2H3/b7-5+,21-14-,22-6+,24-11-;;;. The number of allylic oxidation sites excluding steroid dienone is 2. The number of ether oxygens (including phenoxy) is 1. The highest BCUT2D eigenvalue weighted by atomic mass is 79.9. The maximum atomic E-state index is 10.8. The van der Waals surface area contributed by atoms with E-state index in [1.165, 1.54) is 0 Å². The average Bonchev–Trinajstić information content (AvgIpc) is 3.27. The molecule has 0 bridgehead atoms. The highest BCUT2D eigenvalue weighted by molar-refractivity contribution is 9.10. The molecule has 0 aliphatic carbocycles. The lowest BCUT2D eigenvalue weighted by atomic mass is 10.1. The number of anilines is 1. The van der Waals surface area contributed by atoms with Crippen molar-refractivity contribution >= 4 is 46.4 Å². The van der Waals surface area contributed by atoms with Crippen LogP contribution in [-0.2, 0) is 9.53 Å². The van der Waals surface area contributed by atoms with Gasteiger partial charge in [-0.2, -0.15) is 0 Å². The van der Waals surface area contributed by atoms with Gasteiger partial charge in [0, 0.05) is 28.3 Å². The molecular weight excluding hydrogens is 530 g/mol. The Kier molecular flexibility index (Phi) is 20.8. The number of aromatic nitrogens is 1. The lowest BCUT2D eigenvalue weighted by Crippen LogP contribution is -2.10. The number of nitrogens with zero attached hydrogens (tertiary/aromatic N) is 1. The van der Waals surface area contributed by atoms with Crippen molar-refractivity contribution in [3.8, 4) is 0 Å². The van der Waals surface area contributed by atoms with Crippen molar-refractivity contribution in [3.63, 3.8) is 0 Å². The predicted octanol–water partition coefficient (Wildman–Crippen LogP) is 8.55. The van der Waals surface area contributed by atoms with Crippen LogP contribution in [0.25, 0.3) is 12.2 Å². The Balaban J connectivity index is 0. The minimum atomic E-state index is -0.500. The van der Waals surface area contributed by atoms with E-state index >= 15 is 0 Å².